The van der Waals surface area contributed by atoms with Crippen LogP contribution in [0.15, 0.2) is 23.3 Å². The van der Waals surface area contributed by atoms with E-state index >= 15 is 0 Å². The second kappa shape index (κ2) is 7.50. The van der Waals surface area contributed by atoms with E-state index in [-0.39, 0.29) is 0 Å². The number of fused-ring (bicyclic) bond motifs is 1. The van der Waals surface area contributed by atoms with Crippen LogP contribution < -0.4 is 5.32 Å². The Hall–Kier alpha value is -2.34. The molecule has 0 radical (unpaired) electrons. The fourth-order valence-corrected chi connectivity index (χ4v) is 3.75. The van der Waals surface area contributed by atoms with E-state index in [1.807, 2.05) is 13.3 Å². The molecule has 0 atom stereocenters. The molecule has 1 fully saturated rings. The van der Waals surface area contributed by atoms with Crippen LogP contribution in [-0.4, -0.2) is 54.4 Å². The van der Waals surface area contributed by atoms with E-state index in [9.17, 15) is 0 Å². The fraction of sp³-hybridized carbons (Fsp3) is 0.500. The quantitative estimate of drug-likeness (QED) is 0.864. The van der Waals surface area contributed by atoms with Crippen molar-refractivity contribution >= 4 is 28.9 Å². The van der Waals surface area contributed by atoms with Gasteiger partial charge in [0.05, 0.1) is 23.3 Å². The number of nitrogens with one attached hydrogen (secondary N) is 2. The van der Waals surface area contributed by atoms with Crippen LogP contribution in [0.25, 0.3) is 16.7 Å². The molecule has 2 N–H and O–H groups in total. The van der Waals surface area contributed by atoms with Crippen LogP contribution >= 0.6 is 0 Å². The minimum atomic E-state index is 0.791. The van der Waals surface area contributed by atoms with Crippen molar-refractivity contribution in [2.75, 3.05) is 38.7 Å². The molecule has 2 aliphatic heterocycles. The summed E-state index contributed by atoms with van der Waals surface area (Å²) < 4.78 is 5.46. The lowest BCUT2D eigenvalue weighted by Crippen LogP contribution is -2.27. The minimum absolute atomic E-state index is 0.791. The Morgan fingerprint density at radius 2 is 2.15 bits per heavy atom. The Morgan fingerprint density at radius 3 is 2.96 bits per heavy atom. The Balaban J connectivity index is 1.51. The number of imidazole rings is 1. The zero-order chi connectivity index (χ0) is 17.9. The molecule has 0 aliphatic carbocycles. The molecular formula is C20H27N5O. The molecule has 1 saturated heterocycles. The molecule has 4 rings (SSSR count). The van der Waals surface area contributed by atoms with Crippen molar-refractivity contribution in [1.29, 1.82) is 0 Å². The number of aromatic amines is 1. The summed E-state index contributed by atoms with van der Waals surface area (Å²) in [5, 5.41) is 3.07. The molecule has 26 heavy (non-hydrogen) atoms. The van der Waals surface area contributed by atoms with Gasteiger partial charge in [-0.2, -0.15) is 0 Å². The summed E-state index contributed by atoms with van der Waals surface area (Å²) >= 11 is 0. The highest BCUT2D eigenvalue weighted by Gasteiger charge is 2.16. The number of hydrogen-bond donors (Lipinski definition) is 2. The highest BCUT2D eigenvalue weighted by molar-refractivity contribution is 5.87. The molecular weight excluding hydrogens is 326 g/mol. The van der Waals surface area contributed by atoms with Gasteiger partial charge in [0.15, 0.2) is 0 Å². The zero-order valence-corrected chi connectivity index (χ0v) is 15.6. The van der Waals surface area contributed by atoms with E-state index in [2.05, 4.69) is 50.4 Å². The third kappa shape index (κ3) is 3.60. The second-order valence-electron chi connectivity index (χ2n) is 7.19. The number of nitrogens with zero attached hydrogens (tertiary/aromatic N) is 3. The third-order valence-electron chi connectivity index (χ3n) is 5.33. The number of aliphatic imine (C=N–C) groups is 1. The first kappa shape index (κ1) is 17.1. The molecule has 1 aromatic carbocycles. The van der Waals surface area contributed by atoms with Crippen LogP contribution in [0.1, 0.15) is 30.4 Å². The van der Waals surface area contributed by atoms with Crippen LogP contribution in [0.3, 0.4) is 0 Å². The maximum Gasteiger partial charge on any atom is 0.200 e. The van der Waals surface area contributed by atoms with Crippen molar-refractivity contribution in [2.24, 2.45) is 10.9 Å². The van der Waals surface area contributed by atoms with Gasteiger partial charge in [-0.15, -0.1) is 0 Å². The predicted molar refractivity (Wildman–Crippen MR) is 107 cm³/mol. The van der Waals surface area contributed by atoms with Crippen molar-refractivity contribution < 1.29 is 4.74 Å². The van der Waals surface area contributed by atoms with Gasteiger partial charge >= 0.3 is 0 Å². The van der Waals surface area contributed by atoms with Gasteiger partial charge in [0.25, 0.3) is 0 Å². The van der Waals surface area contributed by atoms with Gasteiger partial charge in [0.1, 0.15) is 0 Å². The first-order chi connectivity index (χ1) is 12.7. The number of rotatable bonds is 5. The standard InChI is InChI=1S/C20H27N5O/c1-14-11-16(12-17-19(14)24-20(21-2)23-17)18-13-25(8-6-22-18)7-3-15-4-9-26-10-5-15/h6,11-13,15H,3-5,7-10H2,1-2H3,(H2,21,23,24). The molecule has 6 heteroatoms. The number of aryl methyl sites for hydroxylation is 1. The molecule has 6 nitrogen and oxygen atoms in total. The SMILES string of the molecule is CNc1nc2c(C)cc(C3=CN(CCC4CCOCC4)CC=N3)cc2[nH]1. The van der Waals surface area contributed by atoms with Gasteiger partial charge in [-0.3, -0.25) is 4.99 Å². The molecule has 138 valence electrons. The Morgan fingerprint density at radius 1 is 1.31 bits per heavy atom. The van der Waals surface area contributed by atoms with E-state index in [0.29, 0.717) is 0 Å². The van der Waals surface area contributed by atoms with Crippen molar-refractivity contribution in [3.63, 3.8) is 0 Å². The Bertz CT molecular complexity index is 832. The molecule has 0 amide bonds. The Kier molecular flexibility index (Phi) is 4.93. The van der Waals surface area contributed by atoms with Gasteiger partial charge in [0.2, 0.25) is 5.95 Å². The molecule has 2 aromatic rings. The summed E-state index contributed by atoms with van der Waals surface area (Å²) in [6.07, 6.45) is 7.84. The molecule has 0 spiro atoms. The summed E-state index contributed by atoms with van der Waals surface area (Å²) in [5.41, 5.74) is 5.36. The molecule has 0 unspecified atom stereocenters. The monoisotopic (exact) mass is 353 g/mol. The van der Waals surface area contributed by atoms with Gasteiger partial charge < -0.3 is 19.9 Å². The highest BCUT2D eigenvalue weighted by Crippen LogP contribution is 2.27. The molecule has 0 bridgehead atoms. The van der Waals surface area contributed by atoms with E-state index in [4.69, 9.17) is 4.74 Å². The average molecular weight is 353 g/mol. The molecule has 0 saturated carbocycles. The number of hydrogen-bond acceptors (Lipinski definition) is 5. The minimum Gasteiger partial charge on any atom is -0.381 e. The maximum absolute atomic E-state index is 5.46. The zero-order valence-electron chi connectivity index (χ0n) is 15.6. The predicted octanol–water partition coefficient (Wildman–Crippen LogP) is 3.41. The fourth-order valence-electron chi connectivity index (χ4n) is 3.75. The Labute approximate surface area is 154 Å². The topological polar surface area (TPSA) is 65.5 Å². The van der Waals surface area contributed by atoms with Crippen LogP contribution in [-0.2, 0) is 4.74 Å². The van der Waals surface area contributed by atoms with Crippen LogP contribution in [0, 0.1) is 12.8 Å². The summed E-state index contributed by atoms with van der Waals surface area (Å²) in [4.78, 5) is 14.9. The van der Waals surface area contributed by atoms with Gasteiger partial charge in [-0.1, -0.05) is 0 Å². The smallest absolute Gasteiger partial charge is 0.200 e. The number of anilines is 1. The first-order valence-electron chi connectivity index (χ1n) is 9.47. The second-order valence-corrected chi connectivity index (χ2v) is 7.19. The summed E-state index contributed by atoms with van der Waals surface area (Å²) in [7, 11) is 1.87. The van der Waals surface area contributed by atoms with Crippen molar-refractivity contribution in [3.05, 3.63) is 29.5 Å². The number of aromatic nitrogens is 2. The summed E-state index contributed by atoms with van der Waals surface area (Å²) in [6.45, 7) is 5.91. The van der Waals surface area contributed by atoms with Crippen LogP contribution in [0.4, 0.5) is 5.95 Å². The molecule has 2 aliphatic rings. The van der Waals surface area contributed by atoms with Crippen LogP contribution in [0.2, 0.25) is 0 Å². The van der Waals surface area contributed by atoms with Crippen molar-refractivity contribution in [1.82, 2.24) is 14.9 Å². The van der Waals surface area contributed by atoms with E-state index in [0.717, 1.165) is 66.0 Å². The van der Waals surface area contributed by atoms with E-state index < -0.39 is 0 Å². The first-order valence-corrected chi connectivity index (χ1v) is 9.47. The summed E-state index contributed by atoms with van der Waals surface area (Å²) in [6, 6.07) is 4.31. The molecule has 3 heterocycles. The number of H-pyrrole nitrogens is 1. The number of ether oxygens (including phenoxy) is 1. The third-order valence-corrected chi connectivity index (χ3v) is 5.33. The molecule has 1 aromatic heterocycles. The van der Waals surface area contributed by atoms with Gasteiger partial charge in [0, 0.05) is 44.8 Å². The average Bonchev–Trinajstić information content (AvgIpc) is 3.11. The normalized spacial score (nSPS) is 18.4. The van der Waals surface area contributed by atoms with E-state index in [1.165, 1.54) is 19.3 Å². The lowest BCUT2D eigenvalue weighted by atomic mass is 9.96. The number of benzene rings is 1. The largest absolute Gasteiger partial charge is 0.381 e. The maximum atomic E-state index is 5.46. The van der Waals surface area contributed by atoms with Gasteiger partial charge in [-0.25, -0.2) is 4.98 Å². The van der Waals surface area contributed by atoms with Gasteiger partial charge in [-0.05, 0) is 49.8 Å². The lowest BCUT2D eigenvalue weighted by Gasteiger charge is -2.27. The van der Waals surface area contributed by atoms with Crippen molar-refractivity contribution in [2.45, 2.75) is 26.2 Å². The highest BCUT2D eigenvalue weighted by atomic mass is 16.5. The summed E-state index contributed by atoms with van der Waals surface area (Å²) in [5.74, 6) is 1.59. The van der Waals surface area contributed by atoms with E-state index in [1.54, 1.807) is 0 Å². The lowest BCUT2D eigenvalue weighted by molar-refractivity contribution is 0.0620. The van der Waals surface area contributed by atoms with Crippen LogP contribution in [0.5, 0.6) is 0 Å². The van der Waals surface area contributed by atoms with Crippen molar-refractivity contribution in [3.8, 4) is 0 Å².